The fourth-order valence-electron chi connectivity index (χ4n) is 2.42. The van der Waals surface area contributed by atoms with Gasteiger partial charge in [-0.1, -0.05) is 45.1 Å². The zero-order valence-corrected chi connectivity index (χ0v) is 13.7. The monoisotopic (exact) mass is 277 g/mol. The van der Waals surface area contributed by atoms with Crippen molar-refractivity contribution in [2.45, 2.75) is 72.3 Å². The predicted molar refractivity (Wildman–Crippen MR) is 88.8 cm³/mol. The molecule has 114 valence electrons. The minimum atomic E-state index is 0.499. The molecule has 1 atom stereocenters. The second-order valence-corrected chi connectivity index (χ2v) is 5.68. The van der Waals surface area contributed by atoms with Crippen LogP contribution in [-0.2, 0) is 0 Å². The highest BCUT2D eigenvalue weighted by Crippen LogP contribution is 2.27. The van der Waals surface area contributed by atoms with Gasteiger partial charge in [0, 0.05) is 6.04 Å². The highest BCUT2D eigenvalue weighted by Gasteiger charge is 2.07. The number of benzene rings is 1. The largest absolute Gasteiger partial charge is 0.492 e. The van der Waals surface area contributed by atoms with Gasteiger partial charge in [-0.2, -0.15) is 0 Å². The number of ether oxygens (including phenoxy) is 1. The van der Waals surface area contributed by atoms with Crippen LogP contribution in [0.2, 0.25) is 0 Å². The van der Waals surface area contributed by atoms with E-state index in [-0.39, 0.29) is 0 Å². The second kappa shape index (κ2) is 9.68. The highest BCUT2D eigenvalue weighted by atomic mass is 16.5. The average Bonchev–Trinajstić information content (AvgIpc) is 2.42. The topological polar surface area (TPSA) is 21.3 Å². The third-order valence-electron chi connectivity index (χ3n) is 3.58. The van der Waals surface area contributed by atoms with E-state index >= 15 is 0 Å². The van der Waals surface area contributed by atoms with Gasteiger partial charge in [-0.3, -0.25) is 0 Å². The molecule has 0 radical (unpaired) electrons. The first kappa shape index (κ1) is 16.9. The lowest BCUT2D eigenvalue weighted by atomic mass is 10.1. The quantitative estimate of drug-likeness (QED) is 0.566. The van der Waals surface area contributed by atoms with E-state index in [1.54, 1.807) is 0 Å². The summed E-state index contributed by atoms with van der Waals surface area (Å²) in [6, 6.07) is 6.88. The third kappa shape index (κ3) is 6.31. The molecule has 20 heavy (non-hydrogen) atoms. The normalized spacial score (nSPS) is 12.2. The lowest BCUT2D eigenvalue weighted by molar-refractivity contribution is 0.341. The van der Waals surface area contributed by atoms with Crippen LogP contribution >= 0.6 is 0 Å². The van der Waals surface area contributed by atoms with E-state index in [2.05, 4.69) is 44.3 Å². The van der Waals surface area contributed by atoms with Gasteiger partial charge in [0.2, 0.25) is 0 Å². The van der Waals surface area contributed by atoms with Gasteiger partial charge in [0.15, 0.2) is 0 Å². The summed E-state index contributed by atoms with van der Waals surface area (Å²) < 4.78 is 5.71. The first-order chi connectivity index (χ1) is 9.67. The molecular formula is C18H31NO. The maximum absolute atomic E-state index is 5.71. The van der Waals surface area contributed by atoms with Crippen molar-refractivity contribution in [1.82, 2.24) is 0 Å². The van der Waals surface area contributed by atoms with Crippen LogP contribution in [0, 0.1) is 6.92 Å². The molecule has 1 unspecified atom stereocenters. The minimum Gasteiger partial charge on any atom is -0.492 e. The molecule has 1 rings (SSSR count). The average molecular weight is 277 g/mol. The molecular weight excluding hydrogens is 246 g/mol. The Bertz CT molecular complexity index is 376. The van der Waals surface area contributed by atoms with Crippen molar-refractivity contribution in [2.24, 2.45) is 0 Å². The summed E-state index contributed by atoms with van der Waals surface area (Å²) in [6.45, 7) is 9.36. The molecule has 0 saturated heterocycles. The SMILES string of the molecule is CCCCCCCC(C)Nc1ccc(C)cc1OCC. The van der Waals surface area contributed by atoms with Crippen LogP contribution in [0.3, 0.4) is 0 Å². The van der Waals surface area contributed by atoms with Gasteiger partial charge < -0.3 is 10.1 Å². The molecule has 0 saturated carbocycles. The molecule has 2 heteroatoms. The van der Waals surface area contributed by atoms with Crippen LogP contribution in [0.15, 0.2) is 18.2 Å². The number of nitrogens with one attached hydrogen (secondary N) is 1. The molecule has 0 aromatic heterocycles. The summed E-state index contributed by atoms with van der Waals surface area (Å²) in [5.74, 6) is 0.977. The molecule has 1 N–H and O–H groups in total. The number of aryl methyl sites for hydroxylation is 1. The van der Waals surface area contributed by atoms with E-state index in [1.807, 2.05) is 6.92 Å². The van der Waals surface area contributed by atoms with Crippen molar-refractivity contribution in [3.05, 3.63) is 23.8 Å². The first-order valence-electron chi connectivity index (χ1n) is 8.17. The molecule has 0 aliphatic rings. The number of anilines is 1. The Kier molecular flexibility index (Phi) is 8.17. The van der Waals surface area contributed by atoms with Crippen molar-refractivity contribution in [2.75, 3.05) is 11.9 Å². The van der Waals surface area contributed by atoms with Crippen molar-refractivity contribution in [1.29, 1.82) is 0 Å². The summed E-state index contributed by atoms with van der Waals surface area (Å²) in [4.78, 5) is 0. The number of rotatable bonds is 10. The zero-order valence-electron chi connectivity index (χ0n) is 13.7. The van der Waals surface area contributed by atoms with Gasteiger partial charge in [0.05, 0.1) is 12.3 Å². The first-order valence-corrected chi connectivity index (χ1v) is 8.17. The van der Waals surface area contributed by atoms with Gasteiger partial charge in [-0.15, -0.1) is 0 Å². The van der Waals surface area contributed by atoms with Gasteiger partial charge in [-0.25, -0.2) is 0 Å². The van der Waals surface area contributed by atoms with E-state index < -0.39 is 0 Å². The molecule has 0 heterocycles. The molecule has 0 bridgehead atoms. The van der Waals surface area contributed by atoms with Crippen molar-refractivity contribution < 1.29 is 4.74 Å². The van der Waals surface area contributed by atoms with E-state index in [4.69, 9.17) is 4.74 Å². The van der Waals surface area contributed by atoms with Crippen LogP contribution < -0.4 is 10.1 Å². The molecule has 1 aromatic rings. The molecule has 0 aliphatic carbocycles. The van der Waals surface area contributed by atoms with Crippen LogP contribution in [0.4, 0.5) is 5.69 Å². The highest BCUT2D eigenvalue weighted by molar-refractivity contribution is 5.58. The van der Waals surface area contributed by atoms with Crippen LogP contribution in [-0.4, -0.2) is 12.6 Å². The molecule has 1 aromatic carbocycles. The van der Waals surface area contributed by atoms with Crippen LogP contribution in [0.1, 0.15) is 64.9 Å². The summed E-state index contributed by atoms with van der Waals surface area (Å²) in [5.41, 5.74) is 2.37. The second-order valence-electron chi connectivity index (χ2n) is 5.68. The Balaban J connectivity index is 2.42. The van der Waals surface area contributed by atoms with E-state index in [0.29, 0.717) is 12.6 Å². The van der Waals surface area contributed by atoms with Gasteiger partial charge in [0.1, 0.15) is 5.75 Å². The van der Waals surface area contributed by atoms with Crippen molar-refractivity contribution >= 4 is 5.69 Å². The maximum atomic E-state index is 5.71. The van der Waals surface area contributed by atoms with Crippen LogP contribution in [0.25, 0.3) is 0 Å². The Labute approximate surface area is 124 Å². The number of unbranched alkanes of at least 4 members (excludes halogenated alkanes) is 4. The number of hydrogen-bond donors (Lipinski definition) is 1. The molecule has 0 fully saturated rings. The van der Waals surface area contributed by atoms with Crippen molar-refractivity contribution in [3.63, 3.8) is 0 Å². The van der Waals surface area contributed by atoms with E-state index in [0.717, 1.165) is 11.4 Å². The Morgan fingerprint density at radius 3 is 2.55 bits per heavy atom. The van der Waals surface area contributed by atoms with E-state index in [1.165, 1.54) is 44.1 Å². The molecule has 2 nitrogen and oxygen atoms in total. The van der Waals surface area contributed by atoms with Crippen molar-refractivity contribution in [3.8, 4) is 5.75 Å². The van der Waals surface area contributed by atoms with Gasteiger partial charge in [-0.05, 0) is 44.9 Å². The summed E-state index contributed by atoms with van der Waals surface area (Å²) in [6.07, 6.45) is 7.94. The Morgan fingerprint density at radius 1 is 1.10 bits per heavy atom. The fraction of sp³-hybridized carbons (Fsp3) is 0.667. The fourth-order valence-corrected chi connectivity index (χ4v) is 2.42. The maximum Gasteiger partial charge on any atom is 0.142 e. The summed E-state index contributed by atoms with van der Waals surface area (Å²) in [7, 11) is 0. The number of hydrogen-bond acceptors (Lipinski definition) is 2. The summed E-state index contributed by atoms with van der Waals surface area (Å²) in [5, 5.41) is 3.59. The summed E-state index contributed by atoms with van der Waals surface area (Å²) >= 11 is 0. The standard InChI is InChI=1S/C18H31NO/c1-5-7-8-9-10-11-16(4)19-17-13-12-15(3)14-18(17)20-6-2/h12-14,16,19H,5-11H2,1-4H3. The van der Waals surface area contributed by atoms with Gasteiger partial charge in [0.25, 0.3) is 0 Å². The van der Waals surface area contributed by atoms with E-state index in [9.17, 15) is 0 Å². The molecule has 0 amide bonds. The lowest BCUT2D eigenvalue weighted by Gasteiger charge is -2.18. The molecule has 0 spiro atoms. The minimum absolute atomic E-state index is 0.499. The zero-order chi connectivity index (χ0) is 14.8. The predicted octanol–water partition coefficient (Wildman–Crippen LogP) is 5.55. The Morgan fingerprint density at radius 2 is 1.85 bits per heavy atom. The third-order valence-corrected chi connectivity index (χ3v) is 3.58. The smallest absolute Gasteiger partial charge is 0.142 e. The molecule has 0 aliphatic heterocycles. The Hall–Kier alpha value is -1.18. The lowest BCUT2D eigenvalue weighted by Crippen LogP contribution is -2.15. The van der Waals surface area contributed by atoms with Crippen LogP contribution in [0.5, 0.6) is 5.75 Å². The van der Waals surface area contributed by atoms with Gasteiger partial charge >= 0.3 is 0 Å².